The van der Waals surface area contributed by atoms with Crippen molar-refractivity contribution in [1.29, 1.82) is 0 Å². The summed E-state index contributed by atoms with van der Waals surface area (Å²) in [6.45, 7) is 0.487. The average molecular weight is 253 g/mol. The first-order valence-corrected chi connectivity index (χ1v) is 5.63. The van der Waals surface area contributed by atoms with Gasteiger partial charge in [-0.05, 0) is 17.7 Å². The number of ether oxygens (including phenoxy) is 1. The van der Waals surface area contributed by atoms with E-state index in [0.717, 1.165) is 5.56 Å². The summed E-state index contributed by atoms with van der Waals surface area (Å²) >= 11 is 11.8. The molecule has 2 rings (SSSR count). The van der Waals surface area contributed by atoms with Gasteiger partial charge in [0.25, 0.3) is 0 Å². The third kappa shape index (κ3) is 2.91. The molecule has 0 fully saturated rings. The molecule has 0 spiro atoms. The number of halogens is 2. The molecule has 0 atom stereocenters. The highest BCUT2D eigenvalue weighted by Gasteiger charge is 2.02. The van der Waals surface area contributed by atoms with E-state index in [2.05, 4.69) is 0 Å². The Kier molecular flexibility index (Phi) is 3.70. The summed E-state index contributed by atoms with van der Waals surface area (Å²) in [5.41, 5.74) is 1.10. The fourth-order valence-corrected chi connectivity index (χ4v) is 1.66. The molecular formula is C13H10Cl2O. The van der Waals surface area contributed by atoms with Crippen LogP contribution in [0.4, 0.5) is 0 Å². The van der Waals surface area contributed by atoms with Gasteiger partial charge in [0, 0.05) is 11.1 Å². The molecule has 0 aliphatic carbocycles. The lowest BCUT2D eigenvalue weighted by molar-refractivity contribution is 0.306. The van der Waals surface area contributed by atoms with Gasteiger partial charge >= 0.3 is 0 Å². The molecule has 16 heavy (non-hydrogen) atoms. The molecule has 0 aliphatic rings. The smallest absolute Gasteiger partial charge is 0.139 e. The molecule has 3 heteroatoms. The van der Waals surface area contributed by atoms with Gasteiger partial charge in [-0.2, -0.15) is 0 Å². The molecule has 2 aromatic carbocycles. The Bertz CT molecular complexity index is 469. The summed E-state index contributed by atoms with van der Waals surface area (Å²) < 4.78 is 5.59. The van der Waals surface area contributed by atoms with Crippen LogP contribution in [0.15, 0.2) is 48.5 Å². The van der Waals surface area contributed by atoms with Crippen LogP contribution in [-0.2, 0) is 6.61 Å². The first kappa shape index (κ1) is 11.3. The summed E-state index contributed by atoms with van der Waals surface area (Å²) in [4.78, 5) is 0. The monoisotopic (exact) mass is 252 g/mol. The van der Waals surface area contributed by atoms with Gasteiger partial charge in [-0.25, -0.2) is 0 Å². The number of hydrogen-bond donors (Lipinski definition) is 0. The van der Waals surface area contributed by atoms with Gasteiger partial charge in [-0.15, -0.1) is 0 Å². The lowest BCUT2D eigenvalue weighted by Crippen LogP contribution is -1.95. The van der Waals surface area contributed by atoms with Crippen LogP contribution in [0.2, 0.25) is 10.0 Å². The van der Waals surface area contributed by atoms with Crippen molar-refractivity contribution in [1.82, 2.24) is 0 Å². The second-order valence-corrected chi connectivity index (χ2v) is 4.19. The van der Waals surface area contributed by atoms with Crippen LogP contribution in [0.25, 0.3) is 0 Å². The van der Waals surface area contributed by atoms with Gasteiger partial charge in [-0.1, -0.05) is 53.5 Å². The van der Waals surface area contributed by atoms with Crippen molar-refractivity contribution >= 4 is 23.2 Å². The number of rotatable bonds is 3. The van der Waals surface area contributed by atoms with Gasteiger partial charge in [0.2, 0.25) is 0 Å². The molecule has 0 radical (unpaired) electrons. The zero-order valence-electron chi connectivity index (χ0n) is 8.49. The van der Waals surface area contributed by atoms with E-state index >= 15 is 0 Å². The van der Waals surface area contributed by atoms with Crippen molar-refractivity contribution in [2.75, 3.05) is 0 Å². The fourth-order valence-electron chi connectivity index (χ4n) is 1.32. The molecule has 0 heterocycles. The Morgan fingerprint density at radius 1 is 0.938 bits per heavy atom. The van der Waals surface area contributed by atoms with Crippen molar-refractivity contribution in [3.8, 4) is 5.75 Å². The maximum atomic E-state index is 5.98. The van der Waals surface area contributed by atoms with Crippen molar-refractivity contribution in [2.45, 2.75) is 6.61 Å². The molecule has 0 saturated carbocycles. The van der Waals surface area contributed by atoms with Crippen molar-refractivity contribution in [2.24, 2.45) is 0 Å². The van der Waals surface area contributed by atoms with Crippen molar-refractivity contribution < 1.29 is 4.74 Å². The lowest BCUT2D eigenvalue weighted by atomic mass is 10.2. The molecular weight excluding hydrogens is 243 g/mol. The van der Waals surface area contributed by atoms with Crippen LogP contribution in [0, 0.1) is 0 Å². The van der Waals surface area contributed by atoms with E-state index in [4.69, 9.17) is 27.9 Å². The molecule has 0 amide bonds. The Labute approximate surface area is 105 Å². The summed E-state index contributed by atoms with van der Waals surface area (Å²) in [6.07, 6.45) is 0. The van der Waals surface area contributed by atoms with E-state index in [1.165, 1.54) is 0 Å². The predicted octanol–water partition coefficient (Wildman–Crippen LogP) is 4.57. The standard InChI is InChI=1S/C13H10Cl2O/c14-11-6-7-12(15)13(8-11)16-9-10-4-2-1-3-5-10/h1-8H,9H2. The highest BCUT2D eigenvalue weighted by molar-refractivity contribution is 6.34. The van der Waals surface area contributed by atoms with Crippen LogP contribution in [0.1, 0.15) is 5.56 Å². The van der Waals surface area contributed by atoms with Gasteiger partial charge in [0.1, 0.15) is 12.4 Å². The normalized spacial score (nSPS) is 10.1. The SMILES string of the molecule is Clc1ccc(Cl)c(OCc2ccccc2)c1. The van der Waals surface area contributed by atoms with Crippen LogP contribution >= 0.6 is 23.2 Å². The first-order valence-electron chi connectivity index (χ1n) is 4.87. The quantitative estimate of drug-likeness (QED) is 0.778. The summed E-state index contributed by atoms with van der Waals surface area (Å²) in [5.74, 6) is 0.609. The molecule has 0 bridgehead atoms. The molecule has 0 saturated heterocycles. The predicted molar refractivity (Wildman–Crippen MR) is 67.2 cm³/mol. The zero-order valence-corrected chi connectivity index (χ0v) is 10.0. The van der Waals surface area contributed by atoms with E-state index < -0.39 is 0 Å². The summed E-state index contributed by atoms with van der Waals surface area (Å²) in [5, 5.41) is 1.19. The molecule has 0 aliphatic heterocycles. The Morgan fingerprint density at radius 2 is 1.69 bits per heavy atom. The maximum absolute atomic E-state index is 5.98. The van der Waals surface area contributed by atoms with Gasteiger partial charge < -0.3 is 4.74 Å². The first-order chi connectivity index (χ1) is 7.75. The third-order valence-corrected chi connectivity index (χ3v) is 2.68. The Balaban J connectivity index is 2.08. The molecule has 82 valence electrons. The molecule has 2 aromatic rings. The third-order valence-electron chi connectivity index (χ3n) is 2.13. The van der Waals surface area contributed by atoms with Crippen LogP contribution in [-0.4, -0.2) is 0 Å². The number of benzene rings is 2. The molecule has 0 aromatic heterocycles. The molecule has 0 unspecified atom stereocenters. The number of hydrogen-bond acceptors (Lipinski definition) is 1. The molecule has 0 N–H and O–H groups in total. The average Bonchev–Trinajstić information content (AvgIpc) is 2.32. The van der Waals surface area contributed by atoms with Gasteiger partial charge in [-0.3, -0.25) is 0 Å². The highest BCUT2D eigenvalue weighted by Crippen LogP contribution is 2.28. The van der Waals surface area contributed by atoms with E-state index in [-0.39, 0.29) is 0 Å². The van der Waals surface area contributed by atoms with Crippen molar-refractivity contribution in [3.63, 3.8) is 0 Å². The molecule has 1 nitrogen and oxygen atoms in total. The van der Waals surface area contributed by atoms with Crippen LogP contribution < -0.4 is 4.74 Å². The van der Waals surface area contributed by atoms with Gasteiger partial charge in [0.05, 0.1) is 5.02 Å². The highest BCUT2D eigenvalue weighted by atomic mass is 35.5. The van der Waals surface area contributed by atoms with Crippen molar-refractivity contribution in [3.05, 3.63) is 64.1 Å². The zero-order chi connectivity index (χ0) is 11.4. The van der Waals surface area contributed by atoms with E-state index in [9.17, 15) is 0 Å². The van der Waals surface area contributed by atoms with E-state index in [1.54, 1.807) is 18.2 Å². The second kappa shape index (κ2) is 5.24. The minimum atomic E-state index is 0.487. The Hall–Kier alpha value is -1.18. The summed E-state index contributed by atoms with van der Waals surface area (Å²) in [6, 6.07) is 15.1. The topological polar surface area (TPSA) is 9.23 Å². The van der Waals surface area contributed by atoms with Gasteiger partial charge in [0.15, 0.2) is 0 Å². The maximum Gasteiger partial charge on any atom is 0.139 e. The largest absolute Gasteiger partial charge is 0.487 e. The van der Waals surface area contributed by atoms with Crippen LogP contribution in [0.3, 0.4) is 0 Å². The fraction of sp³-hybridized carbons (Fsp3) is 0.0769. The second-order valence-electron chi connectivity index (χ2n) is 3.35. The minimum absolute atomic E-state index is 0.487. The van der Waals surface area contributed by atoms with Crippen LogP contribution in [0.5, 0.6) is 5.75 Å². The van der Waals surface area contributed by atoms with E-state index in [1.807, 2.05) is 30.3 Å². The van der Waals surface area contributed by atoms with E-state index in [0.29, 0.717) is 22.4 Å². The summed E-state index contributed by atoms with van der Waals surface area (Å²) in [7, 11) is 0. The Morgan fingerprint density at radius 3 is 2.44 bits per heavy atom. The minimum Gasteiger partial charge on any atom is -0.487 e. The lowest BCUT2D eigenvalue weighted by Gasteiger charge is -2.08.